The topological polar surface area (TPSA) is 97.2 Å². The van der Waals surface area contributed by atoms with Gasteiger partial charge in [-0.15, -0.1) is 0 Å². The summed E-state index contributed by atoms with van der Waals surface area (Å²) in [5, 5.41) is 6.82. The molecular formula is C24H28BrF2N7O2. The lowest BCUT2D eigenvalue weighted by Crippen LogP contribution is -2.40. The van der Waals surface area contributed by atoms with Crippen LogP contribution in [0.2, 0.25) is 0 Å². The van der Waals surface area contributed by atoms with Gasteiger partial charge in [-0.1, -0.05) is 28.1 Å². The van der Waals surface area contributed by atoms with Crippen molar-refractivity contribution in [2.45, 2.75) is 44.2 Å². The van der Waals surface area contributed by atoms with E-state index in [9.17, 15) is 13.6 Å². The number of nitrogens with zero attached hydrogens (tertiary/aromatic N) is 5. The molecule has 1 aromatic carbocycles. The first-order valence-corrected chi connectivity index (χ1v) is 13.2. The van der Waals surface area contributed by atoms with Gasteiger partial charge in [0.25, 0.3) is 6.43 Å². The van der Waals surface area contributed by atoms with Crippen LogP contribution in [0.1, 0.15) is 37.9 Å². The summed E-state index contributed by atoms with van der Waals surface area (Å²) >= 11 is 3.19. The number of aromatic nitrogens is 4. The fourth-order valence-electron chi connectivity index (χ4n) is 4.80. The molecule has 12 heteroatoms. The third kappa shape index (κ3) is 5.44. The van der Waals surface area contributed by atoms with Crippen molar-refractivity contribution in [2.24, 2.45) is 0 Å². The molecule has 2 aliphatic rings. The lowest BCUT2D eigenvalue weighted by Gasteiger charge is -2.31. The minimum Gasteiger partial charge on any atom is -0.378 e. The molecule has 0 spiro atoms. The number of nitrogens with one attached hydrogen (secondary N) is 2. The summed E-state index contributed by atoms with van der Waals surface area (Å²) in [6, 6.07) is 9.07. The molecule has 0 radical (unpaired) electrons. The predicted octanol–water partition coefficient (Wildman–Crippen LogP) is 3.82. The van der Waals surface area contributed by atoms with Crippen LogP contribution >= 0.6 is 15.9 Å². The number of alkyl halides is 3. The summed E-state index contributed by atoms with van der Waals surface area (Å²) in [6.45, 7) is 2.34. The summed E-state index contributed by atoms with van der Waals surface area (Å²) in [6.07, 6.45) is 0.658. The molecular weight excluding hydrogens is 536 g/mol. The third-order valence-electron chi connectivity index (χ3n) is 6.57. The lowest BCUT2D eigenvalue weighted by molar-refractivity contribution is -0.119. The summed E-state index contributed by atoms with van der Waals surface area (Å²) in [5.41, 5.74) is 1.05. The number of ether oxygens (including phenoxy) is 1. The molecule has 1 aliphatic heterocycles. The van der Waals surface area contributed by atoms with E-state index in [1.807, 2.05) is 4.90 Å². The maximum absolute atomic E-state index is 14.0. The molecule has 2 aromatic heterocycles. The van der Waals surface area contributed by atoms with Gasteiger partial charge in [0.15, 0.2) is 5.82 Å². The van der Waals surface area contributed by atoms with Gasteiger partial charge in [-0.2, -0.15) is 9.97 Å². The SMILES string of the molecule is O=C(CBr)NC1CCC(Nc2cc(-n3c(C(F)F)nc4ccccc43)nc(N3CCOCC3)n2)CC1. The number of para-hydroxylation sites is 2. The first-order valence-electron chi connectivity index (χ1n) is 12.1. The molecule has 9 nitrogen and oxygen atoms in total. The van der Waals surface area contributed by atoms with E-state index in [0.29, 0.717) is 60.3 Å². The van der Waals surface area contributed by atoms with Crippen molar-refractivity contribution in [1.82, 2.24) is 24.8 Å². The largest absolute Gasteiger partial charge is 0.378 e. The van der Waals surface area contributed by atoms with Gasteiger partial charge in [-0.05, 0) is 37.8 Å². The summed E-state index contributed by atoms with van der Waals surface area (Å²) < 4.78 is 35.0. The summed E-state index contributed by atoms with van der Waals surface area (Å²) in [5.74, 6) is 1.03. The van der Waals surface area contributed by atoms with Crippen LogP contribution in [-0.4, -0.2) is 69.1 Å². The second kappa shape index (κ2) is 11.0. The standard InChI is InChI=1S/C24H28BrF2N7O2/c25-14-21(35)29-16-7-5-15(6-8-16)28-19-13-20(32-24(31-19)33-9-11-36-12-10-33)34-18-4-2-1-3-17(18)30-23(34)22(26)27/h1-4,13,15-16,22H,5-12,14H2,(H,29,35)(H,28,31,32). The molecule has 0 bridgehead atoms. The average molecular weight is 564 g/mol. The Morgan fingerprint density at radius 1 is 1.08 bits per heavy atom. The molecule has 3 aromatic rings. The highest BCUT2D eigenvalue weighted by atomic mass is 79.9. The average Bonchev–Trinajstić information content (AvgIpc) is 3.30. The number of hydrogen-bond donors (Lipinski definition) is 2. The number of anilines is 2. The molecule has 3 heterocycles. The number of benzene rings is 1. The number of carbonyl (C=O) groups is 1. The van der Waals surface area contributed by atoms with E-state index in [-0.39, 0.29) is 23.8 Å². The van der Waals surface area contributed by atoms with Gasteiger partial charge in [0.05, 0.1) is 29.6 Å². The first kappa shape index (κ1) is 24.8. The first-order chi connectivity index (χ1) is 17.5. The number of carbonyl (C=O) groups excluding carboxylic acids is 1. The van der Waals surface area contributed by atoms with Crippen LogP contribution in [0.15, 0.2) is 30.3 Å². The Hall–Kier alpha value is -2.86. The molecule has 2 fully saturated rings. The Balaban J connectivity index is 1.46. The monoisotopic (exact) mass is 563 g/mol. The number of imidazole rings is 1. The van der Waals surface area contributed by atoms with Crippen molar-refractivity contribution in [3.8, 4) is 5.82 Å². The Bertz CT molecular complexity index is 1210. The molecule has 1 amide bonds. The molecule has 192 valence electrons. The van der Waals surface area contributed by atoms with Gasteiger partial charge in [-0.25, -0.2) is 13.8 Å². The highest BCUT2D eigenvalue weighted by Gasteiger charge is 2.26. The number of hydrogen-bond acceptors (Lipinski definition) is 7. The smallest absolute Gasteiger partial charge is 0.296 e. The minimum absolute atomic E-state index is 0.00982. The number of morpholine rings is 1. The van der Waals surface area contributed by atoms with Crippen molar-refractivity contribution >= 4 is 44.6 Å². The van der Waals surface area contributed by atoms with Crippen molar-refractivity contribution in [1.29, 1.82) is 0 Å². The number of amides is 1. The van der Waals surface area contributed by atoms with Crippen molar-refractivity contribution in [2.75, 3.05) is 41.9 Å². The molecule has 5 rings (SSSR count). The highest BCUT2D eigenvalue weighted by molar-refractivity contribution is 9.09. The van der Waals surface area contributed by atoms with Gasteiger partial charge in [0, 0.05) is 31.2 Å². The maximum Gasteiger partial charge on any atom is 0.296 e. The van der Waals surface area contributed by atoms with Gasteiger partial charge in [0.2, 0.25) is 11.9 Å². The minimum atomic E-state index is -2.76. The van der Waals surface area contributed by atoms with E-state index in [4.69, 9.17) is 14.7 Å². The van der Waals surface area contributed by atoms with Crippen LogP contribution in [0.25, 0.3) is 16.9 Å². The molecule has 36 heavy (non-hydrogen) atoms. The Morgan fingerprint density at radius 3 is 2.53 bits per heavy atom. The zero-order valence-electron chi connectivity index (χ0n) is 19.7. The fraction of sp³-hybridized carbons (Fsp3) is 0.500. The summed E-state index contributed by atoms with van der Waals surface area (Å²) in [4.78, 5) is 27.3. The van der Waals surface area contributed by atoms with Gasteiger partial charge >= 0.3 is 0 Å². The summed E-state index contributed by atoms with van der Waals surface area (Å²) in [7, 11) is 0. The van der Waals surface area contributed by atoms with E-state index in [0.717, 1.165) is 25.7 Å². The number of halogens is 3. The molecule has 2 N–H and O–H groups in total. The second-order valence-corrected chi connectivity index (χ2v) is 9.56. The van der Waals surface area contributed by atoms with Gasteiger partial charge in [0.1, 0.15) is 11.6 Å². The fourth-order valence-corrected chi connectivity index (χ4v) is 4.97. The molecule has 0 unspecified atom stereocenters. The zero-order valence-corrected chi connectivity index (χ0v) is 21.3. The second-order valence-electron chi connectivity index (χ2n) is 9.00. The zero-order chi connectivity index (χ0) is 25.1. The van der Waals surface area contributed by atoms with E-state index in [1.165, 1.54) is 4.57 Å². The van der Waals surface area contributed by atoms with E-state index < -0.39 is 6.43 Å². The van der Waals surface area contributed by atoms with Crippen LogP contribution in [0.4, 0.5) is 20.5 Å². The molecule has 1 saturated carbocycles. The van der Waals surface area contributed by atoms with E-state index in [2.05, 4.69) is 31.5 Å². The van der Waals surface area contributed by atoms with Crippen LogP contribution in [0.3, 0.4) is 0 Å². The molecule has 1 aliphatic carbocycles. The van der Waals surface area contributed by atoms with Crippen molar-refractivity contribution < 1.29 is 18.3 Å². The Kier molecular flexibility index (Phi) is 7.61. The van der Waals surface area contributed by atoms with Gasteiger partial charge in [-0.3, -0.25) is 9.36 Å². The van der Waals surface area contributed by atoms with E-state index in [1.54, 1.807) is 30.3 Å². The Morgan fingerprint density at radius 2 is 1.81 bits per heavy atom. The van der Waals surface area contributed by atoms with Crippen LogP contribution in [-0.2, 0) is 9.53 Å². The maximum atomic E-state index is 14.0. The Labute approximate surface area is 215 Å². The third-order valence-corrected chi connectivity index (χ3v) is 7.08. The van der Waals surface area contributed by atoms with Crippen LogP contribution in [0.5, 0.6) is 0 Å². The van der Waals surface area contributed by atoms with Crippen molar-refractivity contribution in [3.05, 3.63) is 36.2 Å². The number of rotatable bonds is 7. The van der Waals surface area contributed by atoms with Crippen molar-refractivity contribution in [3.63, 3.8) is 0 Å². The lowest BCUT2D eigenvalue weighted by atomic mass is 9.91. The predicted molar refractivity (Wildman–Crippen MR) is 136 cm³/mol. The van der Waals surface area contributed by atoms with E-state index >= 15 is 0 Å². The normalized spacial score (nSPS) is 20.6. The van der Waals surface area contributed by atoms with Crippen LogP contribution in [0, 0.1) is 0 Å². The highest BCUT2D eigenvalue weighted by Crippen LogP contribution is 2.30. The quantitative estimate of drug-likeness (QED) is 0.422. The van der Waals surface area contributed by atoms with Crippen LogP contribution < -0.4 is 15.5 Å². The molecule has 1 saturated heterocycles. The molecule has 0 atom stereocenters. The van der Waals surface area contributed by atoms with Gasteiger partial charge < -0.3 is 20.3 Å². The number of fused-ring (bicyclic) bond motifs is 1.